The molecule has 1 aliphatic heterocycles. The van der Waals surface area contributed by atoms with E-state index in [0.717, 1.165) is 22.4 Å². The zero-order chi connectivity index (χ0) is 20.2. The highest BCUT2D eigenvalue weighted by Gasteiger charge is 2.45. The molecule has 0 bridgehead atoms. The van der Waals surface area contributed by atoms with Gasteiger partial charge in [-0.2, -0.15) is 0 Å². The van der Waals surface area contributed by atoms with Crippen molar-refractivity contribution in [2.24, 2.45) is 5.92 Å². The van der Waals surface area contributed by atoms with Gasteiger partial charge in [0.15, 0.2) is 11.5 Å². The molecule has 2 aromatic carbocycles. The van der Waals surface area contributed by atoms with E-state index in [2.05, 4.69) is 28.8 Å². The van der Waals surface area contributed by atoms with Gasteiger partial charge in [-0.25, -0.2) is 8.42 Å². The maximum Gasteiger partial charge on any atom is 0.229 e. The Bertz CT molecular complexity index is 1200. The van der Waals surface area contributed by atoms with Gasteiger partial charge >= 0.3 is 0 Å². The molecule has 2 heterocycles. The van der Waals surface area contributed by atoms with Crippen LogP contribution in [-0.4, -0.2) is 32.9 Å². The number of H-pyrrole nitrogens is 1. The third kappa shape index (κ3) is 3.13. The van der Waals surface area contributed by atoms with E-state index in [1.54, 1.807) is 6.07 Å². The number of aromatic nitrogens is 1. The molecule has 29 heavy (non-hydrogen) atoms. The lowest BCUT2D eigenvalue weighted by atomic mass is 9.72. The standard InChI is InChI=1S/C22H24N2O4S/c1-22(14-6-7-14,15-8-9-19-20(12-15)28-11-10-27-19)17-13-23-21-16(17)4-3-5-18(21)24-29(2,25)26/h3-5,8-9,12-14,23-24H,6-7,10-11H2,1-2H3/t22-/m0/s1. The summed E-state index contributed by atoms with van der Waals surface area (Å²) in [5.74, 6) is 2.10. The van der Waals surface area contributed by atoms with Crippen molar-refractivity contribution in [2.45, 2.75) is 25.2 Å². The highest BCUT2D eigenvalue weighted by molar-refractivity contribution is 7.92. The first-order chi connectivity index (χ1) is 13.9. The van der Waals surface area contributed by atoms with Gasteiger partial charge < -0.3 is 14.5 Å². The highest BCUT2D eigenvalue weighted by atomic mass is 32.2. The number of nitrogens with one attached hydrogen (secondary N) is 2. The average Bonchev–Trinajstić information content (AvgIpc) is 3.45. The fourth-order valence-electron chi connectivity index (χ4n) is 4.51. The molecule has 3 aromatic rings. The van der Waals surface area contributed by atoms with Crippen molar-refractivity contribution in [1.29, 1.82) is 0 Å². The number of rotatable bonds is 5. The van der Waals surface area contributed by atoms with Gasteiger partial charge in [0.2, 0.25) is 10.0 Å². The second kappa shape index (κ2) is 6.42. The van der Waals surface area contributed by atoms with Crippen LogP contribution in [0.1, 0.15) is 30.9 Å². The molecule has 0 radical (unpaired) electrons. The van der Waals surface area contributed by atoms with Crippen molar-refractivity contribution >= 4 is 26.6 Å². The molecule has 0 spiro atoms. The summed E-state index contributed by atoms with van der Waals surface area (Å²) in [5.41, 5.74) is 3.52. The topological polar surface area (TPSA) is 80.4 Å². The van der Waals surface area contributed by atoms with E-state index in [9.17, 15) is 8.42 Å². The molecule has 1 atom stereocenters. The van der Waals surface area contributed by atoms with Gasteiger partial charge in [0.1, 0.15) is 13.2 Å². The van der Waals surface area contributed by atoms with E-state index in [1.165, 1.54) is 30.2 Å². The van der Waals surface area contributed by atoms with Crippen molar-refractivity contribution in [3.63, 3.8) is 0 Å². The Balaban J connectivity index is 1.66. The number of anilines is 1. The average molecular weight is 413 g/mol. The lowest BCUT2D eigenvalue weighted by Crippen LogP contribution is -2.26. The summed E-state index contributed by atoms with van der Waals surface area (Å²) in [4.78, 5) is 3.32. The van der Waals surface area contributed by atoms with Gasteiger partial charge in [0.25, 0.3) is 0 Å². The van der Waals surface area contributed by atoms with Gasteiger partial charge in [0, 0.05) is 17.0 Å². The Morgan fingerprint density at radius 1 is 1.10 bits per heavy atom. The maximum absolute atomic E-state index is 11.8. The largest absolute Gasteiger partial charge is 0.486 e. The summed E-state index contributed by atoms with van der Waals surface area (Å²) < 4.78 is 37.7. The Labute approximate surface area is 170 Å². The summed E-state index contributed by atoms with van der Waals surface area (Å²) in [6, 6.07) is 11.9. The lowest BCUT2D eigenvalue weighted by molar-refractivity contribution is 0.171. The Morgan fingerprint density at radius 3 is 2.59 bits per heavy atom. The minimum atomic E-state index is -3.36. The summed E-state index contributed by atoms with van der Waals surface area (Å²) >= 11 is 0. The van der Waals surface area contributed by atoms with Crippen molar-refractivity contribution in [3.8, 4) is 11.5 Å². The van der Waals surface area contributed by atoms with Crippen LogP contribution in [0.4, 0.5) is 5.69 Å². The molecule has 2 N–H and O–H groups in total. The molecule has 1 aliphatic carbocycles. The van der Waals surface area contributed by atoms with Crippen LogP contribution in [0.25, 0.3) is 10.9 Å². The normalized spacial score (nSPS) is 18.4. The SMILES string of the molecule is C[C@](c1ccc2c(c1)OCCO2)(c1c[nH]c2c(NS(C)(=O)=O)cccc12)C1CC1. The Morgan fingerprint density at radius 2 is 1.86 bits per heavy atom. The predicted octanol–water partition coefficient (Wildman–Crippen LogP) is 4.03. The lowest BCUT2D eigenvalue weighted by Gasteiger charge is -2.32. The van der Waals surface area contributed by atoms with E-state index in [0.29, 0.717) is 24.8 Å². The van der Waals surface area contributed by atoms with E-state index in [-0.39, 0.29) is 5.41 Å². The van der Waals surface area contributed by atoms with E-state index >= 15 is 0 Å². The fourth-order valence-corrected chi connectivity index (χ4v) is 5.08. The predicted molar refractivity (Wildman–Crippen MR) is 113 cm³/mol. The first kappa shape index (κ1) is 18.4. The first-order valence-electron chi connectivity index (χ1n) is 9.85. The molecule has 1 fully saturated rings. The van der Waals surface area contributed by atoms with Crippen LogP contribution in [0.5, 0.6) is 11.5 Å². The van der Waals surface area contributed by atoms with Crippen LogP contribution in [-0.2, 0) is 15.4 Å². The van der Waals surface area contributed by atoms with Gasteiger partial charge in [-0.3, -0.25) is 4.72 Å². The molecular formula is C22H24N2O4S. The molecule has 2 aliphatic rings. The van der Waals surface area contributed by atoms with Gasteiger partial charge in [-0.05, 0) is 48.1 Å². The molecule has 1 saturated carbocycles. The molecule has 7 heteroatoms. The van der Waals surface area contributed by atoms with Crippen molar-refractivity contribution in [3.05, 3.63) is 53.7 Å². The quantitative estimate of drug-likeness (QED) is 0.663. The molecule has 0 saturated heterocycles. The number of para-hydroxylation sites is 1. The van der Waals surface area contributed by atoms with Crippen LogP contribution >= 0.6 is 0 Å². The van der Waals surface area contributed by atoms with Crippen molar-refractivity contribution < 1.29 is 17.9 Å². The number of sulfonamides is 1. The monoisotopic (exact) mass is 412 g/mol. The zero-order valence-electron chi connectivity index (χ0n) is 16.5. The summed E-state index contributed by atoms with van der Waals surface area (Å²) in [6.45, 7) is 3.41. The number of hydrogen-bond acceptors (Lipinski definition) is 4. The second-order valence-corrected chi connectivity index (χ2v) is 9.89. The summed E-state index contributed by atoms with van der Waals surface area (Å²) in [6.07, 6.45) is 5.52. The van der Waals surface area contributed by atoms with E-state index in [4.69, 9.17) is 9.47 Å². The number of hydrogen-bond donors (Lipinski definition) is 2. The second-order valence-electron chi connectivity index (χ2n) is 8.14. The van der Waals surface area contributed by atoms with Crippen molar-refractivity contribution in [2.75, 3.05) is 24.2 Å². The summed E-state index contributed by atoms with van der Waals surface area (Å²) in [5, 5.41) is 1.03. The molecule has 1 aromatic heterocycles. The fraction of sp³-hybridized carbons (Fsp3) is 0.364. The smallest absolute Gasteiger partial charge is 0.229 e. The van der Waals surface area contributed by atoms with Crippen LogP contribution in [0.15, 0.2) is 42.6 Å². The highest BCUT2D eigenvalue weighted by Crippen LogP contribution is 2.54. The zero-order valence-corrected chi connectivity index (χ0v) is 17.3. The molecular weight excluding hydrogens is 388 g/mol. The van der Waals surface area contributed by atoms with Crippen LogP contribution in [0.3, 0.4) is 0 Å². The summed E-state index contributed by atoms with van der Waals surface area (Å²) in [7, 11) is -3.36. The van der Waals surface area contributed by atoms with Crippen LogP contribution < -0.4 is 14.2 Å². The van der Waals surface area contributed by atoms with Crippen LogP contribution in [0, 0.1) is 5.92 Å². The Kier molecular flexibility index (Phi) is 4.07. The van der Waals surface area contributed by atoms with E-state index < -0.39 is 10.0 Å². The van der Waals surface area contributed by atoms with Crippen LogP contribution in [0.2, 0.25) is 0 Å². The number of ether oxygens (including phenoxy) is 2. The number of aromatic amines is 1. The van der Waals surface area contributed by atoms with Gasteiger partial charge in [-0.15, -0.1) is 0 Å². The maximum atomic E-state index is 11.8. The Hall–Kier alpha value is -2.67. The van der Waals surface area contributed by atoms with E-state index in [1.807, 2.05) is 24.4 Å². The number of benzene rings is 2. The minimum absolute atomic E-state index is 0.211. The molecule has 5 rings (SSSR count). The third-order valence-corrected chi connectivity index (χ3v) is 6.70. The number of fused-ring (bicyclic) bond motifs is 2. The minimum Gasteiger partial charge on any atom is -0.486 e. The molecule has 6 nitrogen and oxygen atoms in total. The molecule has 0 amide bonds. The van der Waals surface area contributed by atoms with Gasteiger partial charge in [-0.1, -0.05) is 25.1 Å². The third-order valence-electron chi connectivity index (χ3n) is 6.11. The first-order valence-corrected chi connectivity index (χ1v) is 11.7. The van der Waals surface area contributed by atoms with Crippen molar-refractivity contribution in [1.82, 2.24) is 4.98 Å². The van der Waals surface area contributed by atoms with Gasteiger partial charge in [0.05, 0.1) is 17.5 Å². The molecule has 0 unspecified atom stereocenters. The molecule has 152 valence electrons.